The first-order valence-electron chi connectivity index (χ1n) is 6.85. The van der Waals surface area contributed by atoms with Gasteiger partial charge in [-0.25, -0.2) is 0 Å². The van der Waals surface area contributed by atoms with Crippen LogP contribution < -0.4 is 0 Å². The van der Waals surface area contributed by atoms with Gasteiger partial charge in [-0.3, -0.25) is 0 Å². The minimum atomic E-state index is 0.219. The van der Waals surface area contributed by atoms with Crippen molar-refractivity contribution >= 4 is 23.4 Å². The Morgan fingerprint density at radius 2 is 1.45 bits per heavy atom. The number of benzene rings is 2. The summed E-state index contributed by atoms with van der Waals surface area (Å²) in [6.45, 7) is 0.219. The molecule has 0 fully saturated rings. The summed E-state index contributed by atoms with van der Waals surface area (Å²) < 4.78 is 0. The summed E-state index contributed by atoms with van der Waals surface area (Å²) in [7, 11) is 0. The SMILES string of the molecule is OCCc1ccc(CCCSc2ccc(Cl)cc2)cc1. The quantitative estimate of drug-likeness (QED) is 0.596. The van der Waals surface area contributed by atoms with Gasteiger partial charge in [-0.15, -0.1) is 11.8 Å². The molecule has 0 bridgehead atoms. The van der Waals surface area contributed by atoms with E-state index in [0.717, 1.165) is 30.0 Å². The molecular formula is C17H19ClOS. The van der Waals surface area contributed by atoms with Gasteiger partial charge in [0.05, 0.1) is 0 Å². The van der Waals surface area contributed by atoms with Crippen molar-refractivity contribution in [3.63, 3.8) is 0 Å². The molecule has 2 aromatic carbocycles. The third kappa shape index (κ3) is 5.20. The lowest BCUT2D eigenvalue weighted by Gasteiger charge is -2.04. The molecule has 20 heavy (non-hydrogen) atoms. The molecule has 0 heterocycles. The smallest absolute Gasteiger partial charge is 0.0471 e. The first-order chi connectivity index (χ1) is 9.78. The third-order valence-electron chi connectivity index (χ3n) is 3.12. The minimum Gasteiger partial charge on any atom is -0.396 e. The predicted molar refractivity (Wildman–Crippen MR) is 87.7 cm³/mol. The van der Waals surface area contributed by atoms with Crippen LogP contribution in [0.15, 0.2) is 53.4 Å². The lowest BCUT2D eigenvalue weighted by atomic mass is 10.1. The van der Waals surface area contributed by atoms with Crippen LogP contribution in [0.5, 0.6) is 0 Å². The van der Waals surface area contributed by atoms with E-state index in [-0.39, 0.29) is 6.61 Å². The maximum Gasteiger partial charge on any atom is 0.0471 e. The van der Waals surface area contributed by atoms with Crippen LogP contribution in [0.3, 0.4) is 0 Å². The van der Waals surface area contributed by atoms with Crippen molar-refractivity contribution in [2.75, 3.05) is 12.4 Å². The molecule has 2 aromatic rings. The zero-order valence-corrected chi connectivity index (χ0v) is 13.0. The van der Waals surface area contributed by atoms with Crippen molar-refractivity contribution < 1.29 is 5.11 Å². The molecule has 2 rings (SSSR count). The molecule has 0 aliphatic rings. The van der Waals surface area contributed by atoms with E-state index in [4.69, 9.17) is 16.7 Å². The monoisotopic (exact) mass is 306 g/mol. The molecule has 1 N–H and O–H groups in total. The zero-order valence-electron chi connectivity index (χ0n) is 11.4. The number of aliphatic hydroxyl groups excluding tert-OH is 1. The van der Waals surface area contributed by atoms with Crippen molar-refractivity contribution in [1.29, 1.82) is 0 Å². The number of thioether (sulfide) groups is 1. The summed E-state index contributed by atoms with van der Waals surface area (Å²) in [4.78, 5) is 1.27. The average Bonchev–Trinajstić information content (AvgIpc) is 2.47. The van der Waals surface area contributed by atoms with Crippen molar-refractivity contribution in [1.82, 2.24) is 0 Å². The van der Waals surface area contributed by atoms with E-state index in [1.807, 2.05) is 23.9 Å². The van der Waals surface area contributed by atoms with E-state index in [1.54, 1.807) is 0 Å². The Morgan fingerprint density at radius 1 is 0.850 bits per heavy atom. The second-order valence-electron chi connectivity index (χ2n) is 4.70. The van der Waals surface area contributed by atoms with Gasteiger partial charge in [-0.05, 0) is 60.4 Å². The van der Waals surface area contributed by atoms with Gasteiger partial charge in [0.1, 0.15) is 0 Å². The summed E-state index contributed by atoms with van der Waals surface area (Å²) in [6, 6.07) is 16.5. The average molecular weight is 307 g/mol. The molecule has 0 aromatic heterocycles. The normalized spacial score (nSPS) is 10.7. The maximum absolute atomic E-state index is 8.88. The van der Waals surface area contributed by atoms with Crippen LogP contribution in [-0.4, -0.2) is 17.5 Å². The lowest BCUT2D eigenvalue weighted by molar-refractivity contribution is 0.299. The van der Waals surface area contributed by atoms with Gasteiger partial charge in [0.15, 0.2) is 0 Å². The molecular weight excluding hydrogens is 288 g/mol. The van der Waals surface area contributed by atoms with Crippen molar-refractivity contribution in [2.24, 2.45) is 0 Å². The summed E-state index contributed by atoms with van der Waals surface area (Å²) in [5, 5.41) is 9.67. The molecule has 0 radical (unpaired) electrons. The van der Waals surface area contributed by atoms with Crippen LogP contribution in [0.4, 0.5) is 0 Å². The van der Waals surface area contributed by atoms with Crippen LogP contribution >= 0.6 is 23.4 Å². The molecule has 1 nitrogen and oxygen atoms in total. The molecule has 0 amide bonds. The van der Waals surface area contributed by atoms with Crippen LogP contribution in [0.2, 0.25) is 5.02 Å². The lowest BCUT2D eigenvalue weighted by Crippen LogP contribution is -1.92. The van der Waals surface area contributed by atoms with Crippen molar-refractivity contribution in [3.05, 3.63) is 64.7 Å². The fourth-order valence-corrected chi connectivity index (χ4v) is 2.98. The Kier molecular flexibility index (Phi) is 6.44. The van der Waals surface area contributed by atoms with Gasteiger partial charge < -0.3 is 5.11 Å². The largest absolute Gasteiger partial charge is 0.396 e. The highest BCUT2D eigenvalue weighted by atomic mass is 35.5. The van der Waals surface area contributed by atoms with Crippen LogP contribution in [-0.2, 0) is 12.8 Å². The second kappa shape index (κ2) is 8.35. The van der Waals surface area contributed by atoms with E-state index >= 15 is 0 Å². The highest BCUT2D eigenvalue weighted by Crippen LogP contribution is 2.21. The van der Waals surface area contributed by atoms with E-state index in [0.29, 0.717) is 0 Å². The van der Waals surface area contributed by atoms with Crippen molar-refractivity contribution in [3.8, 4) is 0 Å². The molecule has 0 spiro atoms. The van der Waals surface area contributed by atoms with Gasteiger partial charge in [-0.2, -0.15) is 0 Å². The van der Waals surface area contributed by atoms with Gasteiger partial charge in [0.25, 0.3) is 0 Å². The minimum absolute atomic E-state index is 0.219. The van der Waals surface area contributed by atoms with E-state index in [2.05, 4.69) is 36.4 Å². The van der Waals surface area contributed by atoms with Gasteiger partial charge >= 0.3 is 0 Å². The Morgan fingerprint density at radius 3 is 2.05 bits per heavy atom. The van der Waals surface area contributed by atoms with Crippen LogP contribution in [0, 0.1) is 0 Å². The van der Waals surface area contributed by atoms with Gasteiger partial charge in [0, 0.05) is 16.5 Å². The van der Waals surface area contributed by atoms with E-state index in [1.165, 1.54) is 16.0 Å². The number of hydrogen-bond acceptors (Lipinski definition) is 2. The van der Waals surface area contributed by atoms with Crippen molar-refractivity contribution in [2.45, 2.75) is 24.2 Å². The van der Waals surface area contributed by atoms with E-state index < -0.39 is 0 Å². The molecule has 0 saturated heterocycles. The number of rotatable bonds is 7. The first kappa shape index (κ1) is 15.4. The molecule has 3 heteroatoms. The molecule has 0 atom stereocenters. The van der Waals surface area contributed by atoms with Crippen LogP contribution in [0.25, 0.3) is 0 Å². The Hall–Kier alpha value is -0.960. The number of aliphatic hydroxyl groups is 1. The highest BCUT2D eigenvalue weighted by Gasteiger charge is 1.97. The second-order valence-corrected chi connectivity index (χ2v) is 6.30. The van der Waals surface area contributed by atoms with Gasteiger partial charge in [0.2, 0.25) is 0 Å². The summed E-state index contributed by atoms with van der Waals surface area (Å²) >= 11 is 7.73. The predicted octanol–water partition coefficient (Wildman–Crippen LogP) is 4.60. The molecule has 0 saturated carbocycles. The molecule has 0 unspecified atom stereocenters. The Balaban J connectivity index is 1.71. The highest BCUT2D eigenvalue weighted by molar-refractivity contribution is 7.99. The fraction of sp³-hybridized carbons (Fsp3) is 0.294. The topological polar surface area (TPSA) is 20.2 Å². The standard InChI is InChI=1S/C17H19ClOS/c18-16-7-9-17(10-8-16)20-13-1-2-14-3-5-15(6-4-14)11-12-19/h3-10,19H,1-2,11-13H2. The molecule has 106 valence electrons. The first-order valence-corrected chi connectivity index (χ1v) is 8.21. The molecule has 0 aliphatic heterocycles. The summed E-state index contributed by atoms with van der Waals surface area (Å²) in [5.41, 5.74) is 2.56. The Labute approximate surface area is 130 Å². The number of aryl methyl sites for hydroxylation is 1. The number of halogens is 1. The number of hydrogen-bond donors (Lipinski definition) is 1. The third-order valence-corrected chi connectivity index (χ3v) is 4.47. The van der Waals surface area contributed by atoms with E-state index in [9.17, 15) is 0 Å². The van der Waals surface area contributed by atoms with Crippen LogP contribution in [0.1, 0.15) is 17.5 Å². The Bertz CT molecular complexity index is 508. The summed E-state index contributed by atoms with van der Waals surface area (Å²) in [5.74, 6) is 1.11. The maximum atomic E-state index is 8.88. The fourth-order valence-electron chi connectivity index (χ4n) is 2.00. The summed E-state index contributed by atoms with van der Waals surface area (Å²) in [6.07, 6.45) is 3.00. The van der Waals surface area contributed by atoms with Gasteiger partial charge in [-0.1, -0.05) is 35.9 Å². The zero-order chi connectivity index (χ0) is 14.2. The molecule has 0 aliphatic carbocycles.